The van der Waals surface area contributed by atoms with Crippen LogP contribution in [0.3, 0.4) is 0 Å². The van der Waals surface area contributed by atoms with Crippen LogP contribution in [0.2, 0.25) is 0 Å². The lowest BCUT2D eigenvalue weighted by atomic mass is 9.92. The van der Waals surface area contributed by atoms with E-state index in [-0.39, 0.29) is 11.3 Å². The molecule has 0 unspecified atom stereocenters. The molecule has 3 rings (SSSR count). The van der Waals surface area contributed by atoms with Gasteiger partial charge in [0.2, 0.25) is 0 Å². The number of ketones is 1. The van der Waals surface area contributed by atoms with Gasteiger partial charge < -0.3 is 14.8 Å². The van der Waals surface area contributed by atoms with E-state index in [1.54, 1.807) is 30.3 Å². The lowest BCUT2D eigenvalue weighted by Gasteiger charge is -2.21. The molecule has 0 spiro atoms. The van der Waals surface area contributed by atoms with Gasteiger partial charge in [-0.3, -0.25) is 19.3 Å². The minimum Gasteiger partial charge on any atom is -0.494 e. The van der Waals surface area contributed by atoms with Crippen molar-refractivity contribution < 1.29 is 33.0 Å². The van der Waals surface area contributed by atoms with Gasteiger partial charge in [-0.1, -0.05) is 30.3 Å². The third-order valence-corrected chi connectivity index (χ3v) is 4.75. The van der Waals surface area contributed by atoms with Crippen molar-refractivity contribution in [2.45, 2.75) is 12.5 Å². The summed E-state index contributed by atoms with van der Waals surface area (Å²) in [6, 6.07) is 11.4. The Morgan fingerprint density at radius 1 is 1.13 bits per heavy atom. The highest BCUT2D eigenvalue weighted by molar-refractivity contribution is 6.09. The molecule has 0 aromatic heterocycles. The standard InChI is InChI=1S/C21H19FN2O6/c1-21(14-6-4-3-5-7-14)19(27)24(20(28)23-21)11-18(26)30-12-16(25)13-8-9-17(29-2)15(22)10-13/h3-10H,11-12H2,1-2H3,(H,23,28)/t21-/m0/s1. The Morgan fingerprint density at radius 2 is 1.83 bits per heavy atom. The fraction of sp³-hybridized carbons (Fsp3) is 0.238. The summed E-state index contributed by atoms with van der Waals surface area (Å²) in [5.74, 6) is -2.95. The number of esters is 1. The fourth-order valence-corrected chi connectivity index (χ4v) is 3.05. The molecule has 0 bridgehead atoms. The first kappa shape index (κ1) is 21.0. The molecule has 0 radical (unpaired) electrons. The van der Waals surface area contributed by atoms with Crippen molar-refractivity contribution in [1.29, 1.82) is 0 Å². The number of halogens is 1. The Morgan fingerprint density at radius 3 is 2.47 bits per heavy atom. The van der Waals surface area contributed by atoms with Crippen LogP contribution in [-0.2, 0) is 19.9 Å². The Labute approximate surface area is 171 Å². The number of carbonyl (C=O) groups excluding carboxylic acids is 4. The summed E-state index contributed by atoms with van der Waals surface area (Å²) < 4.78 is 23.4. The van der Waals surface area contributed by atoms with Crippen LogP contribution >= 0.6 is 0 Å². The molecule has 30 heavy (non-hydrogen) atoms. The van der Waals surface area contributed by atoms with E-state index in [0.29, 0.717) is 5.56 Å². The first-order chi connectivity index (χ1) is 14.3. The van der Waals surface area contributed by atoms with Crippen molar-refractivity contribution in [3.05, 3.63) is 65.5 Å². The molecule has 1 N–H and O–H groups in total. The minimum atomic E-state index is -1.31. The van der Waals surface area contributed by atoms with Gasteiger partial charge in [0.05, 0.1) is 7.11 Å². The van der Waals surface area contributed by atoms with E-state index in [1.807, 2.05) is 0 Å². The molecule has 2 aromatic carbocycles. The number of rotatable bonds is 7. The molecule has 1 saturated heterocycles. The monoisotopic (exact) mass is 414 g/mol. The Kier molecular flexibility index (Phi) is 5.81. The largest absolute Gasteiger partial charge is 0.494 e. The molecule has 3 amide bonds. The molecule has 1 aliphatic rings. The van der Waals surface area contributed by atoms with Crippen LogP contribution in [0.1, 0.15) is 22.8 Å². The number of benzene rings is 2. The molecule has 1 fully saturated rings. The van der Waals surface area contributed by atoms with Gasteiger partial charge in [0.15, 0.2) is 24.0 Å². The zero-order valence-corrected chi connectivity index (χ0v) is 16.3. The van der Waals surface area contributed by atoms with E-state index >= 15 is 0 Å². The van der Waals surface area contributed by atoms with E-state index in [0.717, 1.165) is 11.0 Å². The highest BCUT2D eigenvalue weighted by atomic mass is 19.1. The maximum absolute atomic E-state index is 13.7. The summed E-state index contributed by atoms with van der Waals surface area (Å²) in [6.07, 6.45) is 0. The minimum absolute atomic E-state index is 0.00672. The van der Waals surface area contributed by atoms with Gasteiger partial charge in [0, 0.05) is 5.56 Å². The number of methoxy groups -OCH3 is 1. The number of carbonyl (C=O) groups is 4. The zero-order valence-electron chi connectivity index (χ0n) is 16.3. The SMILES string of the molecule is COc1ccc(C(=O)COC(=O)CN2C(=O)N[C@@](C)(c3ccccc3)C2=O)cc1F. The Bertz CT molecular complexity index is 1010. The quantitative estimate of drug-likeness (QED) is 0.423. The van der Waals surface area contributed by atoms with Crippen molar-refractivity contribution in [2.24, 2.45) is 0 Å². The summed E-state index contributed by atoms with van der Waals surface area (Å²) in [5, 5.41) is 2.57. The van der Waals surface area contributed by atoms with Crippen LogP contribution < -0.4 is 10.1 Å². The molecule has 9 heteroatoms. The van der Waals surface area contributed by atoms with Crippen molar-refractivity contribution in [3.63, 3.8) is 0 Å². The Hall–Kier alpha value is -3.75. The molecule has 0 saturated carbocycles. The number of hydrogen-bond donors (Lipinski definition) is 1. The Balaban J connectivity index is 1.61. The van der Waals surface area contributed by atoms with E-state index in [9.17, 15) is 23.6 Å². The molecule has 1 heterocycles. The third-order valence-electron chi connectivity index (χ3n) is 4.75. The van der Waals surface area contributed by atoms with Gasteiger partial charge in [-0.15, -0.1) is 0 Å². The zero-order chi connectivity index (χ0) is 21.9. The van der Waals surface area contributed by atoms with Crippen molar-refractivity contribution in [1.82, 2.24) is 10.2 Å². The molecule has 1 aliphatic heterocycles. The van der Waals surface area contributed by atoms with Crippen LogP contribution in [0.5, 0.6) is 5.75 Å². The van der Waals surface area contributed by atoms with Crippen molar-refractivity contribution >= 4 is 23.7 Å². The van der Waals surface area contributed by atoms with Gasteiger partial charge in [-0.25, -0.2) is 9.18 Å². The number of Topliss-reactive ketones (excluding diaryl/α,β-unsaturated/α-hetero) is 1. The number of ether oxygens (including phenoxy) is 2. The normalized spacial score (nSPS) is 18.2. The summed E-state index contributed by atoms with van der Waals surface area (Å²) in [7, 11) is 1.29. The maximum atomic E-state index is 13.7. The predicted molar refractivity (Wildman–Crippen MR) is 102 cm³/mol. The van der Waals surface area contributed by atoms with Gasteiger partial charge in [0.1, 0.15) is 12.1 Å². The predicted octanol–water partition coefficient (Wildman–Crippen LogP) is 2.03. The number of urea groups is 1. The number of nitrogens with one attached hydrogen (secondary N) is 1. The van der Waals surface area contributed by atoms with Crippen molar-refractivity contribution in [2.75, 3.05) is 20.3 Å². The molecule has 1 atom stereocenters. The second kappa shape index (κ2) is 8.32. The van der Waals surface area contributed by atoms with Crippen LogP contribution in [0.15, 0.2) is 48.5 Å². The number of amides is 3. The summed E-state index contributed by atoms with van der Waals surface area (Å²) in [5.41, 5.74) is -0.751. The second-order valence-electron chi connectivity index (χ2n) is 6.75. The number of hydrogen-bond acceptors (Lipinski definition) is 6. The summed E-state index contributed by atoms with van der Waals surface area (Å²) >= 11 is 0. The van der Waals surface area contributed by atoms with Crippen LogP contribution in [0.4, 0.5) is 9.18 Å². The molecule has 2 aromatic rings. The van der Waals surface area contributed by atoms with Gasteiger partial charge in [-0.05, 0) is 30.7 Å². The van der Waals surface area contributed by atoms with Gasteiger partial charge in [-0.2, -0.15) is 0 Å². The second-order valence-corrected chi connectivity index (χ2v) is 6.75. The lowest BCUT2D eigenvalue weighted by Crippen LogP contribution is -2.41. The molecular weight excluding hydrogens is 395 g/mol. The van der Waals surface area contributed by atoms with Crippen LogP contribution in [0, 0.1) is 5.82 Å². The average Bonchev–Trinajstić information content (AvgIpc) is 2.96. The molecule has 0 aliphatic carbocycles. The first-order valence-electron chi connectivity index (χ1n) is 8.98. The highest BCUT2D eigenvalue weighted by Crippen LogP contribution is 2.28. The van der Waals surface area contributed by atoms with E-state index in [4.69, 9.17) is 9.47 Å². The van der Waals surface area contributed by atoms with Gasteiger partial charge >= 0.3 is 12.0 Å². The summed E-state index contributed by atoms with van der Waals surface area (Å²) in [4.78, 5) is 49.9. The van der Waals surface area contributed by atoms with E-state index in [2.05, 4.69) is 5.32 Å². The van der Waals surface area contributed by atoms with E-state index in [1.165, 1.54) is 26.2 Å². The van der Waals surface area contributed by atoms with Crippen molar-refractivity contribution in [3.8, 4) is 5.75 Å². The molecule has 8 nitrogen and oxygen atoms in total. The van der Waals surface area contributed by atoms with Crippen LogP contribution in [-0.4, -0.2) is 48.9 Å². The highest BCUT2D eigenvalue weighted by Gasteiger charge is 2.49. The lowest BCUT2D eigenvalue weighted by molar-refractivity contribution is -0.146. The number of nitrogens with zero attached hydrogens (tertiary/aromatic N) is 1. The number of imide groups is 1. The average molecular weight is 414 g/mol. The topological polar surface area (TPSA) is 102 Å². The van der Waals surface area contributed by atoms with Crippen LogP contribution in [0.25, 0.3) is 0 Å². The third kappa shape index (κ3) is 4.00. The first-order valence-corrected chi connectivity index (χ1v) is 8.98. The molecule has 156 valence electrons. The maximum Gasteiger partial charge on any atom is 0.326 e. The molecular formula is C21H19FN2O6. The summed E-state index contributed by atoms with van der Waals surface area (Å²) in [6.45, 7) is 0.219. The fourth-order valence-electron chi connectivity index (χ4n) is 3.05. The smallest absolute Gasteiger partial charge is 0.326 e. The van der Waals surface area contributed by atoms with Gasteiger partial charge in [0.25, 0.3) is 5.91 Å². The van der Waals surface area contributed by atoms with E-state index < -0.39 is 48.2 Å².